The third-order valence-corrected chi connectivity index (χ3v) is 5.31. The van der Waals surface area contributed by atoms with Gasteiger partial charge >= 0.3 is 0 Å². The minimum atomic E-state index is -0.652. The molecule has 1 heterocycles. The number of carbonyl (C=O) groups excluding carboxylic acids is 2. The van der Waals surface area contributed by atoms with Crippen LogP contribution in [-0.4, -0.2) is 16.7 Å². The molecule has 0 radical (unpaired) electrons. The number of rotatable bonds is 4. The van der Waals surface area contributed by atoms with Gasteiger partial charge in [-0.15, -0.1) is 0 Å². The summed E-state index contributed by atoms with van der Waals surface area (Å²) < 4.78 is 27.9. The fraction of sp³-hybridized carbons (Fsp3) is 0.238. The number of amides is 1. The number of Topliss-reactive ketones (excluding diaryl/α,β-unsaturated/α-hetero) is 1. The first-order chi connectivity index (χ1) is 13.4. The van der Waals surface area contributed by atoms with E-state index in [-0.39, 0.29) is 17.9 Å². The number of hydrazine groups is 1. The van der Waals surface area contributed by atoms with Crippen LogP contribution >= 0.6 is 0 Å². The predicted molar refractivity (Wildman–Crippen MR) is 99.1 cm³/mol. The van der Waals surface area contributed by atoms with Gasteiger partial charge in [-0.2, -0.15) is 0 Å². The molecule has 2 aromatic rings. The Hall–Kier alpha value is -3.06. The lowest BCUT2D eigenvalue weighted by atomic mass is 9.92. The highest BCUT2D eigenvalue weighted by Crippen LogP contribution is 2.39. The molecule has 4 rings (SSSR count). The Bertz CT molecular complexity index is 1020. The maximum Gasteiger partial charge on any atom is 0.254 e. The number of nitrogens with zero attached hydrogens (tertiary/aromatic N) is 1. The first-order valence-electron chi connectivity index (χ1n) is 8.96. The van der Waals surface area contributed by atoms with E-state index in [1.807, 2.05) is 0 Å². The van der Waals surface area contributed by atoms with E-state index in [2.05, 4.69) is 5.32 Å². The molecule has 3 N–H and O–H groups in total. The summed E-state index contributed by atoms with van der Waals surface area (Å²) >= 11 is 0. The van der Waals surface area contributed by atoms with Crippen molar-refractivity contribution in [3.63, 3.8) is 0 Å². The summed E-state index contributed by atoms with van der Waals surface area (Å²) in [7, 11) is 0. The Kier molecular flexibility index (Phi) is 4.47. The van der Waals surface area contributed by atoms with Crippen LogP contribution in [0.2, 0.25) is 0 Å². The maximum absolute atomic E-state index is 14.2. The average Bonchev–Trinajstić information content (AvgIpc) is 3.38. The van der Waals surface area contributed by atoms with Gasteiger partial charge < -0.3 is 10.3 Å². The Balaban J connectivity index is 1.71. The molecule has 1 amide bonds. The lowest BCUT2D eigenvalue weighted by Gasteiger charge is -2.30. The Morgan fingerprint density at radius 2 is 1.96 bits per heavy atom. The second kappa shape index (κ2) is 6.83. The zero-order valence-corrected chi connectivity index (χ0v) is 15.2. The van der Waals surface area contributed by atoms with E-state index in [0.717, 1.165) is 0 Å². The van der Waals surface area contributed by atoms with Crippen LogP contribution in [0.5, 0.6) is 0 Å². The molecule has 2 aliphatic rings. The normalized spacial score (nSPS) is 19.4. The quantitative estimate of drug-likeness (QED) is 0.796. The number of halogens is 2. The molecule has 1 unspecified atom stereocenters. The van der Waals surface area contributed by atoms with Gasteiger partial charge in [0.25, 0.3) is 5.91 Å². The van der Waals surface area contributed by atoms with E-state index < -0.39 is 29.5 Å². The second-order valence-electron chi connectivity index (χ2n) is 7.14. The summed E-state index contributed by atoms with van der Waals surface area (Å²) in [5.74, 6) is 4.22. The molecular formula is C21H19F2N3O2. The van der Waals surface area contributed by atoms with E-state index in [1.165, 1.54) is 35.3 Å². The molecule has 1 aliphatic carbocycles. The first kappa shape index (κ1) is 18.3. The van der Waals surface area contributed by atoms with Crippen LogP contribution in [0.25, 0.3) is 5.57 Å². The highest BCUT2D eigenvalue weighted by molar-refractivity contribution is 6.21. The van der Waals surface area contributed by atoms with Crippen LogP contribution in [0.3, 0.4) is 0 Å². The van der Waals surface area contributed by atoms with Crippen LogP contribution < -0.4 is 11.2 Å². The maximum atomic E-state index is 14.2. The van der Waals surface area contributed by atoms with E-state index in [0.29, 0.717) is 28.8 Å². The number of fused-ring (bicyclic) bond motifs is 1. The van der Waals surface area contributed by atoms with Crippen LogP contribution in [0.15, 0.2) is 48.2 Å². The molecule has 0 saturated heterocycles. The van der Waals surface area contributed by atoms with Gasteiger partial charge in [0.2, 0.25) is 0 Å². The summed E-state index contributed by atoms with van der Waals surface area (Å²) in [6.07, 6.45) is 0.327. The Labute approximate surface area is 160 Å². The zero-order valence-electron chi connectivity index (χ0n) is 15.2. The third kappa shape index (κ3) is 3.18. The number of hydrogen-bond acceptors (Lipinski definition) is 4. The first-order valence-corrected chi connectivity index (χ1v) is 8.96. The van der Waals surface area contributed by atoms with Crippen molar-refractivity contribution < 1.29 is 18.4 Å². The molecule has 1 saturated carbocycles. The van der Waals surface area contributed by atoms with Crippen molar-refractivity contribution in [2.24, 2.45) is 11.8 Å². The summed E-state index contributed by atoms with van der Waals surface area (Å²) in [5.41, 5.74) is 2.07. The van der Waals surface area contributed by atoms with E-state index in [4.69, 9.17) is 5.84 Å². The van der Waals surface area contributed by atoms with E-state index >= 15 is 0 Å². The molecule has 2 aromatic carbocycles. The van der Waals surface area contributed by atoms with Crippen LogP contribution in [0, 0.1) is 17.6 Å². The number of allylic oxidation sites excluding steroid dienone is 1. The van der Waals surface area contributed by atoms with Crippen molar-refractivity contribution in [2.75, 3.05) is 0 Å². The van der Waals surface area contributed by atoms with Crippen molar-refractivity contribution in [3.8, 4) is 0 Å². The van der Waals surface area contributed by atoms with Crippen LogP contribution in [0.4, 0.5) is 8.78 Å². The van der Waals surface area contributed by atoms with Crippen molar-refractivity contribution in [3.05, 3.63) is 76.5 Å². The number of ketones is 1. The number of benzene rings is 2. The number of nitrogens with one attached hydrogen (secondary N) is 1. The van der Waals surface area contributed by atoms with Crippen LogP contribution in [0.1, 0.15) is 36.1 Å². The van der Waals surface area contributed by atoms with Gasteiger partial charge in [-0.3, -0.25) is 9.59 Å². The number of hydrogen-bond donors (Lipinski definition) is 2. The van der Waals surface area contributed by atoms with Gasteiger partial charge in [-0.1, -0.05) is 24.3 Å². The van der Waals surface area contributed by atoms with Crippen molar-refractivity contribution >= 4 is 17.3 Å². The lowest BCUT2D eigenvalue weighted by Crippen LogP contribution is -2.38. The minimum Gasteiger partial charge on any atom is -0.344 e. The van der Waals surface area contributed by atoms with Crippen molar-refractivity contribution in [2.45, 2.75) is 25.9 Å². The van der Waals surface area contributed by atoms with Crippen LogP contribution in [-0.2, 0) is 16.1 Å². The lowest BCUT2D eigenvalue weighted by molar-refractivity contribution is -0.116. The van der Waals surface area contributed by atoms with Gasteiger partial charge in [-0.05, 0) is 36.2 Å². The van der Waals surface area contributed by atoms with Gasteiger partial charge in [0.05, 0.1) is 18.2 Å². The molecule has 5 nitrogen and oxygen atoms in total. The summed E-state index contributed by atoms with van der Waals surface area (Å²) in [6, 6.07) is 9.69. The molecular weight excluding hydrogens is 364 g/mol. The standard InChI is InChI=1S/C21H19F2N3O2/c1-11-19(14-6-3-7-17(23)16(14)10-26(11)24)21(28)25-20(15-9-18(15)27)12-4-2-5-13(22)8-12/h2-8,15,20H,9-10,24H2,1H3,(H,25,28)/t15?,20-/m1/s1. The molecule has 0 spiro atoms. The van der Waals surface area contributed by atoms with Crippen molar-refractivity contribution in [1.82, 2.24) is 10.3 Å². The third-order valence-electron chi connectivity index (χ3n) is 5.31. The minimum absolute atomic E-state index is 0.0100. The van der Waals surface area contributed by atoms with Gasteiger partial charge in [-0.25, -0.2) is 14.6 Å². The fourth-order valence-electron chi connectivity index (χ4n) is 3.66. The largest absolute Gasteiger partial charge is 0.344 e. The van der Waals surface area contributed by atoms with Gasteiger partial charge in [0, 0.05) is 23.6 Å². The molecule has 0 bridgehead atoms. The monoisotopic (exact) mass is 383 g/mol. The molecule has 7 heteroatoms. The van der Waals surface area contributed by atoms with E-state index in [1.54, 1.807) is 19.1 Å². The smallest absolute Gasteiger partial charge is 0.254 e. The topological polar surface area (TPSA) is 75.4 Å². The van der Waals surface area contributed by atoms with E-state index in [9.17, 15) is 18.4 Å². The molecule has 144 valence electrons. The zero-order chi connectivity index (χ0) is 20.0. The molecule has 1 fully saturated rings. The molecule has 0 aromatic heterocycles. The predicted octanol–water partition coefficient (Wildman–Crippen LogP) is 2.83. The Morgan fingerprint density at radius 3 is 2.64 bits per heavy atom. The number of carbonyl (C=O) groups is 2. The SMILES string of the molecule is CC1=C(C(=O)N[C@H](c2cccc(F)c2)C2CC2=O)c2cccc(F)c2CN1N. The molecule has 28 heavy (non-hydrogen) atoms. The summed E-state index contributed by atoms with van der Waals surface area (Å²) in [4.78, 5) is 24.9. The number of nitrogens with two attached hydrogens (primary N) is 1. The molecule has 1 aliphatic heterocycles. The average molecular weight is 383 g/mol. The fourth-order valence-corrected chi connectivity index (χ4v) is 3.66. The second-order valence-corrected chi connectivity index (χ2v) is 7.14. The molecule has 2 atom stereocenters. The van der Waals surface area contributed by atoms with Gasteiger partial charge in [0.15, 0.2) is 0 Å². The summed E-state index contributed by atoms with van der Waals surface area (Å²) in [6.45, 7) is 1.83. The van der Waals surface area contributed by atoms with Gasteiger partial charge in [0.1, 0.15) is 17.4 Å². The Morgan fingerprint density at radius 1 is 1.25 bits per heavy atom. The highest BCUT2D eigenvalue weighted by Gasteiger charge is 2.43. The summed E-state index contributed by atoms with van der Waals surface area (Å²) in [5, 5.41) is 4.16. The van der Waals surface area contributed by atoms with Crippen molar-refractivity contribution in [1.29, 1.82) is 0 Å². The highest BCUT2D eigenvalue weighted by atomic mass is 19.1.